The zero-order chi connectivity index (χ0) is 24.7. The first kappa shape index (κ1) is 23.9. The van der Waals surface area contributed by atoms with Gasteiger partial charge < -0.3 is 4.90 Å². The van der Waals surface area contributed by atoms with E-state index < -0.39 is 21.8 Å². The molecule has 0 aliphatic carbocycles. The Labute approximate surface area is 194 Å². The quantitative estimate of drug-likeness (QED) is 0.558. The van der Waals surface area contributed by atoms with Crippen molar-refractivity contribution >= 4 is 15.9 Å². The largest absolute Gasteiger partial charge is 0.416 e. The van der Waals surface area contributed by atoms with Gasteiger partial charge in [0.15, 0.2) is 5.82 Å². The number of carbonyl (C=O) groups excluding carboxylic acids is 1. The lowest BCUT2D eigenvalue weighted by atomic mass is 10.2. The highest BCUT2D eigenvalue weighted by Gasteiger charge is 2.33. The second-order valence-corrected chi connectivity index (χ2v) is 9.90. The van der Waals surface area contributed by atoms with Crippen LogP contribution < -0.4 is 0 Å². The van der Waals surface area contributed by atoms with Crippen LogP contribution in [0.15, 0.2) is 53.6 Å². The Bertz CT molecular complexity index is 1300. The van der Waals surface area contributed by atoms with Gasteiger partial charge in [-0.3, -0.25) is 4.79 Å². The monoisotopic (exact) mass is 493 g/mol. The zero-order valence-corrected chi connectivity index (χ0v) is 19.3. The molecule has 1 aliphatic heterocycles. The van der Waals surface area contributed by atoms with Crippen LogP contribution in [0, 0.1) is 13.8 Å². The molecule has 180 valence electrons. The third-order valence-electron chi connectivity index (χ3n) is 5.57. The molecular weight excluding hydrogens is 471 g/mol. The van der Waals surface area contributed by atoms with E-state index in [2.05, 4.69) is 10.1 Å². The molecule has 12 heteroatoms. The first-order valence-electron chi connectivity index (χ1n) is 10.4. The van der Waals surface area contributed by atoms with Crippen LogP contribution in [0.25, 0.3) is 5.82 Å². The average Bonchev–Trinajstić information content (AvgIpc) is 3.16. The standard InChI is InChI=1S/C22H22F3N5O3S/c1-15-13-16(2)30(27-15)20-8-3-17(14-26-20)21(31)28-9-11-29(12-10-28)34(32,33)19-6-4-18(5-7-19)22(23,24)25/h3-8,13-14H,9-12H2,1-2H3. The topological polar surface area (TPSA) is 88.4 Å². The lowest BCUT2D eigenvalue weighted by molar-refractivity contribution is -0.137. The Morgan fingerprint density at radius 3 is 2.12 bits per heavy atom. The molecule has 0 atom stereocenters. The number of amides is 1. The van der Waals surface area contributed by atoms with Crippen molar-refractivity contribution in [3.63, 3.8) is 0 Å². The van der Waals surface area contributed by atoms with Crippen LogP contribution in [0.2, 0.25) is 0 Å². The predicted octanol–water partition coefficient (Wildman–Crippen LogP) is 3.05. The molecule has 1 aromatic carbocycles. The van der Waals surface area contributed by atoms with E-state index in [1.165, 1.54) is 15.4 Å². The van der Waals surface area contributed by atoms with Crippen molar-refractivity contribution in [2.45, 2.75) is 24.9 Å². The Hall–Kier alpha value is -3.25. The fourth-order valence-electron chi connectivity index (χ4n) is 3.78. The average molecular weight is 494 g/mol. The van der Waals surface area contributed by atoms with Crippen LogP contribution in [-0.2, 0) is 16.2 Å². The van der Waals surface area contributed by atoms with E-state index in [0.29, 0.717) is 11.4 Å². The number of benzene rings is 1. The van der Waals surface area contributed by atoms with Gasteiger partial charge in [-0.2, -0.15) is 22.6 Å². The number of piperazine rings is 1. The van der Waals surface area contributed by atoms with Gasteiger partial charge in [-0.05, 0) is 56.3 Å². The number of aryl methyl sites for hydroxylation is 2. The highest BCUT2D eigenvalue weighted by Crippen LogP contribution is 2.30. The van der Waals surface area contributed by atoms with Gasteiger partial charge in [0.1, 0.15) is 0 Å². The van der Waals surface area contributed by atoms with E-state index >= 15 is 0 Å². The first-order valence-corrected chi connectivity index (χ1v) is 11.9. The molecule has 0 spiro atoms. The van der Waals surface area contributed by atoms with Gasteiger partial charge in [0.05, 0.1) is 21.7 Å². The Balaban J connectivity index is 1.41. The van der Waals surface area contributed by atoms with Crippen molar-refractivity contribution in [2.75, 3.05) is 26.2 Å². The minimum atomic E-state index is -4.54. The molecule has 34 heavy (non-hydrogen) atoms. The maximum Gasteiger partial charge on any atom is 0.416 e. The summed E-state index contributed by atoms with van der Waals surface area (Å²) < 4.78 is 66.7. The molecule has 1 aliphatic rings. The molecule has 1 fully saturated rings. The number of pyridine rings is 1. The highest BCUT2D eigenvalue weighted by atomic mass is 32.2. The Morgan fingerprint density at radius 1 is 0.971 bits per heavy atom. The lowest BCUT2D eigenvalue weighted by Gasteiger charge is -2.34. The maximum absolute atomic E-state index is 12.9. The third kappa shape index (κ3) is 4.68. The molecule has 0 radical (unpaired) electrons. The summed E-state index contributed by atoms with van der Waals surface area (Å²) in [4.78, 5) is 18.5. The number of nitrogens with zero attached hydrogens (tertiary/aromatic N) is 5. The van der Waals surface area contributed by atoms with Crippen molar-refractivity contribution in [1.29, 1.82) is 0 Å². The molecule has 3 heterocycles. The van der Waals surface area contributed by atoms with Gasteiger partial charge in [-0.25, -0.2) is 18.1 Å². The lowest BCUT2D eigenvalue weighted by Crippen LogP contribution is -2.50. The van der Waals surface area contributed by atoms with E-state index in [0.717, 1.165) is 35.7 Å². The van der Waals surface area contributed by atoms with Crippen molar-refractivity contribution < 1.29 is 26.4 Å². The summed E-state index contributed by atoms with van der Waals surface area (Å²) in [5.41, 5.74) is 1.21. The predicted molar refractivity (Wildman–Crippen MR) is 117 cm³/mol. The van der Waals surface area contributed by atoms with E-state index in [-0.39, 0.29) is 37.0 Å². The SMILES string of the molecule is Cc1cc(C)n(-c2ccc(C(=O)N3CCN(S(=O)(=O)c4ccc(C(F)(F)F)cc4)CC3)cn2)n1. The number of sulfonamides is 1. The molecule has 1 saturated heterocycles. The van der Waals surface area contributed by atoms with Gasteiger partial charge in [0, 0.05) is 38.1 Å². The van der Waals surface area contributed by atoms with Crippen molar-refractivity contribution in [1.82, 2.24) is 24.0 Å². The minimum Gasteiger partial charge on any atom is -0.336 e. The second-order valence-electron chi connectivity index (χ2n) is 7.96. The summed E-state index contributed by atoms with van der Waals surface area (Å²) in [5, 5.41) is 4.36. The fourth-order valence-corrected chi connectivity index (χ4v) is 5.20. The number of alkyl halides is 3. The van der Waals surface area contributed by atoms with Crippen LogP contribution in [-0.4, -0.2) is 64.5 Å². The maximum atomic E-state index is 12.9. The molecule has 1 amide bonds. The van der Waals surface area contributed by atoms with Crippen molar-refractivity contribution in [3.8, 4) is 5.82 Å². The minimum absolute atomic E-state index is 0.0341. The van der Waals surface area contributed by atoms with Crippen LogP contribution in [0.4, 0.5) is 13.2 Å². The van der Waals surface area contributed by atoms with E-state index in [9.17, 15) is 26.4 Å². The molecular formula is C22H22F3N5O3S. The highest BCUT2D eigenvalue weighted by molar-refractivity contribution is 7.89. The van der Waals surface area contributed by atoms with Gasteiger partial charge >= 0.3 is 6.18 Å². The number of halogens is 3. The first-order chi connectivity index (χ1) is 16.0. The van der Waals surface area contributed by atoms with E-state index in [1.807, 2.05) is 19.9 Å². The van der Waals surface area contributed by atoms with Crippen LogP contribution in [0.5, 0.6) is 0 Å². The summed E-state index contributed by atoms with van der Waals surface area (Å²) in [7, 11) is -3.97. The van der Waals surface area contributed by atoms with Crippen molar-refractivity contribution in [3.05, 3.63) is 71.2 Å². The molecule has 0 unspecified atom stereocenters. The number of hydrogen-bond acceptors (Lipinski definition) is 5. The second kappa shape index (κ2) is 8.84. The molecule has 0 bridgehead atoms. The number of rotatable bonds is 4. The summed E-state index contributed by atoms with van der Waals surface area (Å²) in [6, 6.07) is 8.64. The van der Waals surface area contributed by atoms with E-state index in [1.54, 1.807) is 16.8 Å². The summed E-state index contributed by atoms with van der Waals surface area (Å²) >= 11 is 0. The number of carbonyl (C=O) groups is 1. The molecule has 3 aromatic rings. The van der Waals surface area contributed by atoms with Gasteiger partial charge in [-0.15, -0.1) is 0 Å². The summed E-state index contributed by atoms with van der Waals surface area (Å²) in [6.45, 7) is 4.15. The number of aromatic nitrogens is 3. The molecule has 2 aromatic heterocycles. The smallest absolute Gasteiger partial charge is 0.336 e. The molecule has 0 saturated carbocycles. The van der Waals surface area contributed by atoms with Gasteiger partial charge in [0.25, 0.3) is 5.91 Å². The summed E-state index contributed by atoms with van der Waals surface area (Å²) in [6.07, 6.45) is -3.09. The Kier molecular flexibility index (Phi) is 6.21. The molecule has 0 N–H and O–H groups in total. The van der Waals surface area contributed by atoms with E-state index in [4.69, 9.17) is 0 Å². The number of hydrogen-bond donors (Lipinski definition) is 0. The normalized spacial score (nSPS) is 15.5. The summed E-state index contributed by atoms with van der Waals surface area (Å²) in [5.74, 6) is 0.300. The van der Waals surface area contributed by atoms with Crippen LogP contribution in [0.3, 0.4) is 0 Å². The Morgan fingerprint density at radius 2 is 1.62 bits per heavy atom. The molecule has 8 nitrogen and oxygen atoms in total. The third-order valence-corrected chi connectivity index (χ3v) is 7.48. The van der Waals surface area contributed by atoms with Gasteiger partial charge in [0.2, 0.25) is 10.0 Å². The van der Waals surface area contributed by atoms with Crippen LogP contribution >= 0.6 is 0 Å². The molecule has 4 rings (SSSR count). The van der Waals surface area contributed by atoms with Crippen LogP contribution in [0.1, 0.15) is 27.3 Å². The zero-order valence-electron chi connectivity index (χ0n) is 18.5. The van der Waals surface area contributed by atoms with Crippen molar-refractivity contribution in [2.24, 2.45) is 0 Å². The van der Waals surface area contributed by atoms with Gasteiger partial charge in [-0.1, -0.05) is 0 Å². The fraction of sp³-hybridized carbons (Fsp3) is 0.318.